The third-order valence-electron chi connectivity index (χ3n) is 5.92. The summed E-state index contributed by atoms with van der Waals surface area (Å²) in [5.74, 6) is 0.977. The van der Waals surface area contributed by atoms with Crippen molar-refractivity contribution in [2.45, 2.75) is 103 Å². The van der Waals surface area contributed by atoms with Crippen molar-refractivity contribution in [1.82, 2.24) is 4.98 Å². The Kier molecular flexibility index (Phi) is 15.6. The fourth-order valence-electron chi connectivity index (χ4n) is 4.10. The van der Waals surface area contributed by atoms with Gasteiger partial charge in [0.15, 0.2) is 0 Å². The van der Waals surface area contributed by atoms with Crippen LogP contribution in [0.25, 0.3) is 10.9 Å². The molecule has 2 aromatic rings. The van der Waals surface area contributed by atoms with E-state index in [9.17, 15) is 0 Å². The van der Waals surface area contributed by atoms with Crippen LogP contribution in [0.2, 0.25) is 0 Å². The van der Waals surface area contributed by atoms with Crippen LogP contribution in [0.1, 0.15) is 102 Å². The van der Waals surface area contributed by atoms with Gasteiger partial charge in [0.1, 0.15) is 5.75 Å². The summed E-state index contributed by atoms with van der Waals surface area (Å²) >= 11 is 0. The van der Waals surface area contributed by atoms with E-state index in [-0.39, 0.29) is 12.4 Å². The van der Waals surface area contributed by atoms with Crippen LogP contribution in [0.15, 0.2) is 24.4 Å². The molecule has 0 amide bonds. The van der Waals surface area contributed by atoms with Gasteiger partial charge in [0.05, 0.1) is 6.61 Å². The Balaban J connectivity index is 0.00000450. The van der Waals surface area contributed by atoms with Crippen molar-refractivity contribution in [3.8, 4) is 5.75 Å². The van der Waals surface area contributed by atoms with Crippen LogP contribution >= 0.6 is 12.4 Å². The zero-order valence-corrected chi connectivity index (χ0v) is 20.0. The highest BCUT2D eigenvalue weighted by Gasteiger charge is 2.04. The van der Waals surface area contributed by atoms with E-state index < -0.39 is 0 Å². The molecular weight excluding hydrogens is 392 g/mol. The summed E-state index contributed by atoms with van der Waals surface area (Å²) in [5.41, 5.74) is 8.15. The molecule has 3 N–H and O–H groups in total. The lowest BCUT2D eigenvalue weighted by atomic mass is 10.0. The third-order valence-corrected chi connectivity index (χ3v) is 5.92. The smallest absolute Gasteiger partial charge is 0.120 e. The van der Waals surface area contributed by atoms with Crippen molar-refractivity contribution >= 4 is 23.3 Å². The Morgan fingerprint density at radius 2 is 1.37 bits per heavy atom. The topological polar surface area (TPSA) is 51.0 Å². The van der Waals surface area contributed by atoms with Crippen LogP contribution in [0.4, 0.5) is 0 Å². The molecule has 0 bridgehead atoms. The molecule has 30 heavy (non-hydrogen) atoms. The van der Waals surface area contributed by atoms with Crippen LogP contribution < -0.4 is 10.5 Å². The lowest BCUT2D eigenvalue weighted by Crippen LogP contribution is -2.02. The standard InChI is InChI=1S/C26H44N2O.ClH/c1-2-3-4-5-6-7-8-9-10-11-12-13-14-15-20-29-24-16-17-26-25(21-24)23(18-19-27)22-28-26;/h16-17,21-22,28H,2-15,18-20,27H2,1H3;1H. The van der Waals surface area contributed by atoms with Gasteiger partial charge >= 0.3 is 0 Å². The number of halogens is 1. The third kappa shape index (κ3) is 10.7. The Morgan fingerprint density at radius 1 is 0.800 bits per heavy atom. The predicted octanol–water partition coefficient (Wildman–Crippen LogP) is 7.95. The molecule has 0 unspecified atom stereocenters. The number of nitrogens with one attached hydrogen (secondary N) is 1. The first kappa shape index (κ1) is 26.8. The van der Waals surface area contributed by atoms with Crippen molar-refractivity contribution < 1.29 is 4.74 Å². The molecule has 0 saturated heterocycles. The zero-order chi connectivity index (χ0) is 20.6. The first-order valence-electron chi connectivity index (χ1n) is 12.3. The summed E-state index contributed by atoms with van der Waals surface area (Å²) in [7, 11) is 0. The van der Waals surface area contributed by atoms with Crippen molar-refractivity contribution in [3.63, 3.8) is 0 Å². The van der Waals surface area contributed by atoms with Crippen LogP contribution in [0.3, 0.4) is 0 Å². The molecule has 0 aliphatic heterocycles. The molecule has 0 aliphatic rings. The number of rotatable bonds is 18. The fraction of sp³-hybridized carbons (Fsp3) is 0.692. The molecule has 0 atom stereocenters. The van der Waals surface area contributed by atoms with E-state index in [0.29, 0.717) is 6.54 Å². The minimum Gasteiger partial charge on any atom is -0.494 e. The maximum Gasteiger partial charge on any atom is 0.120 e. The molecule has 0 saturated carbocycles. The molecule has 0 aliphatic carbocycles. The average Bonchev–Trinajstić information content (AvgIpc) is 3.13. The van der Waals surface area contributed by atoms with Gasteiger partial charge in [-0.3, -0.25) is 0 Å². The molecule has 0 spiro atoms. The average molecular weight is 437 g/mol. The first-order valence-corrected chi connectivity index (χ1v) is 12.3. The van der Waals surface area contributed by atoms with Crippen molar-refractivity contribution in [1.29, 1.82) is 0 Å². The van der Waals surface area contributed by atoms with Crippen LogP contribution in [0, 0.1) is 0 Å². The monoisotopic (exact) mass is 436 g/mol. The quantitative estimate of drug-likeness (QED) is 0.233. The summed E-state index contributed by atoms with van der Waals surface area (Å²) in [6, 6.07) is 6.32. The number of aromatic nitrogens is 1. The maximum atomic E-state index is 5.98. The number of ether oxygens (including phenoxy) is 1. The SMILES string of the molecule is CCCCCCCCCCCCCCCCOc1ccc2[nH]cc(CCN)c2c1.Cl. The van der Waals surface area contributed by atoms with Gasteiger partial charge < -0.3 is 15.5 Å². The Bertz CT molecular complexity index is 656. The molecule has 172 valence electrons. The lowest BCUT2D eigenvalue weighted by Gasteiger charge is -2.07. The van der Waals surface area contributed by atoms with Crippen molar-refractivity contribution in [3.05, 3.63) is 30.0 Å². The molecule has 1 aromatic carbocycles. The molecule has 3 nitrogen and oxygen atoms in total. The highest BCUT2D eigenvalue weighted by molar-refractivity contribution is 5.85. The largest absolute Gasteiger partial charge is 0.494 e. The van der Waals surface area contributed by atoms with E-state index in [1.54, 1.807) is 0 Å². The Morgan fingerprint density at radius 3 is 1.93 bits per heavy atom. The highest BCUT2D eigenvalue weighted by Crippen LogP contribution is 2.24. The second-order valence-corrected chi connectivity index (χ2v) is 8.50. The molecule has 1 aromatic heterocycles. The normalized spacial score (nSPS) is 11.0. The molecule has 0 radical (unpaired) electrons. The van der Waals surface area contributed by atoms with E-state index in [4.69, 9.17) is 10.5 Å². The van der Waals surface area contributed by atoms with Crippen LogP contribution in [0.5, 0.6) is 5.75 Å². The first-order chi connectivity index (χ1) is 14.3. The maximum absolute atomic E-state index is 5.98. The molecule has 0 fully saturated rings. The van der Waals surface area contributed by atoms with Gasteiger partial charge in [-0.25, -0.2) is 0 Å². The lowest BCUT2D eigenvalue weighted by molar-refractivity contribution is 0.304. The van der Waals surface area contributed by atoms with Gasteiger partial charge in [-0.1, -0.05) is 90.4 Å². The van der Waals surface area contributed by atoms with Gasteiger partial charge in [-0.2, -0.15) is 0 Å². The summed E-state index contributed by atoms with van der Waals surface area (Å²) in [4.78, 5) is 3.31. The van der Waals surface area contributed by atoms with Crippen molar-refractivity contribution in [2.24, 2.45) is 5.73 Å². The number of nitrogens with two attached hydrogens (primary N) is 1. The summed E-state index contributed by atoms with van der Waals surface area (Å²) in [5, 5.41) is 1.24. The van der Waals surface area contributed by atoms with Gasteiger partial charge in [0, 0.05) is 17.1 Å². The number of hydrogen-bond donors (Lipinski definition) is 2. The van der Waals surface area contributed by atoms with Crippen LogP contribution in [-0.2, 0) is 6.42 Å². The minimum absolute atomic E-state index is 0. The number of unbranched alkanes of at least 4 members (excludes halogenated alkanes) is 13. The predicted molar refractivity (Wildman–Crippen MR) is 134 cm³/mol. The number of aromatic amines is 1. The Hall–Kier alpha value is -1.19. The number of fused-ring (bicyclic) bond motifs is 1. The highest BCUT2D eigenvalue weighted by atomic mass is 35.5. The van der Waals surface area contributed by atoms with E-state index in [0.717, 1.165) is 30.7 Å². The molecule has 2 rings (SSSR count). The zero-order valence-electron chi connectivity index (χ0n) is 19.2. The van der Waals surface area contributed by atoms with Crippen molar-refractivity contribution in [2.75, 3.05) is 13.2 Å². The molecular formula is C26H45ClN2O. The Labute approximate surface area is 190 Å². The minimum atomic E-state index is 0. The second kappa shape index (κ2) is 17.5. The second-order valence-electron chi connectivity index (χ2n) is 8.50. The number of benzene rings is 1. The summed E-state index contributed by atoms with van der Waals surface area (Å²) < 4.78 is 5.98. The van der Waals surface area contributed by atoms with E-state index in [2.05, 4.69) is 36.3 Å². The van der Waals surface area contributed by atoms with E-state index in [1.807, 2.05) is 0 Å². The molecule has 4 heteroatoms. The fourth-order valence-corrected chi connectivity index (χ4v) is 4.10. The van der Waals surface area contributed by atoms with Gasteiger partial charge in [0.2, 0.25) is 0 Å². The number of hydrogen-bond acceptors (Lipinski definition) is 2. The summed E-state index contributed by atoms with van der Waals surface area (Å²) in [6.45, 7) is 3.79. The van der Waals surface area contributed by atoms with E-state index >= 15 is 0 Å². The number of H-pyrrole nitrogens is 1. The van der Waals surface area contributed by atoms with Gasteiger partial charge in [-0.15, -0.1) is 12.4 Å². The van der Waals surface area contributed by atoms with Gasteiger partial charge in [-0.05, 0) is 43.1 Å². The van der Waals surface area contributed by atoms with Crippen LogP contribution in [-0.4, -0.2) is 18.1 Å². The van der Waals surface area contributed by atoms with Gasteiger partial charge in [0.25, 0.3) is 0 Å². The summed E-state index contributed by atoms with van der Waals surface area (Å²) in [6.07, 6.45) is 22.4. The van der Waals surface area contributed by atoms with E-state index in [1.165, 1.54) is 94.4 Å². The molecule has 1 heterocycles.